The minimum Gasteiger partial charge on any atom is -0.308 e. The van der Waals surface area contributed by atoms with E-state index in [0.717, 1.165) is 17.3 Å². The Labute approximate surface area is 103 Å². The molecule has 1 aromatic carbocycles. The number of halogens is 3. The number of rotatable bonds is 3. The normalized spacial score (nSPS) is 12.9. The summed E-state index contributed by atoms with van der Waals surface area (Å²) in [6.07, 6.45) is -3.89. The predicted octanol–water partition coefficient (Wildman–Crippen LogP) is 3.84. The van der Waals surface area contributed by atoms with Crippen molar-refractivity contribution in [2.45, 2.75) is 32.5 Å². The molecule has 2 N–H and O–H groups in total. The third kappa shape index (κ3) is 4.27. The van der Waals surface area contributed by atoms with Gasteiger partial charge in [0.15, 0.2) is 0 Å². The van der Waals surface area contributed by atoms with Crippen molar-refractivity contribution in [3.05, 3.63) is 29.8 Å². The average molecular weight is 260 g/mol. The quantitative estimate of drug-likeness (QED) is 0.796. The number of amides is 2. The number of nitrogens with one attached hydrogen (secondary N) is 2. The number of para-hydroxylation sites is 1. The van der Waals surface area contributed by atoms with Crippen molar-refractivity contribution in [1.82, 2.24) is 5.32 Å². The first-order valence-electron chi connectivity index (χ1n) is 5.58. The van der Waals surface area contributed by atoms with Gasteiger partial charge in [-0.05, 0) is 24.0 Å². The molecule has 6 heteroatoms. The van der Waals surface area contributed by atoms with Crippen LogP contribution in [0.5, 0.6) is 0 Å². The van der Waals surface area contributed by atoms with Crippen LogP contribution in [0.25, 0.3) is 0 Å². The average Bonchev–Trinajstić information content (AvgIpc) is 2.26. The monoisotopic (exact) mass is 260 g/mol. The summed E-state index contributed by atoms with van der Waals surface area (Å²) in [5.41, 5.74) is 1.21. The van der Waals surface area contributed by atoms with E-state index in [1.165, 1.54) is 0 Å². The largest absolute Gasteiger partial charge is 0.485 e. The molecule has 1 atom stereocenters. The third-order valence-electron chi connectivity index (χ3n) is 2.61. The van der Waals surface area contributed by atoms with Crippen molar-refractivity contribution in [2.24, 2.45) is 0 Å². The van der Waals surface area contributed by atoms with E-state index in [0.29, 0.717) is 5.69 Å². The number of urea groups is 1. The number of alkyl halides is 3. The summed E-state index contributed by atoms with van der Waals surface area (Å²) in [5.74, 6) is 0.160. The highest BCUT2D eigenvalue weighted by atomic mass is 19.4. The molecule has 0 radical (unpaired) electrons. The minimum absolute atomic E-state index is 0.160. The second-order valence-electron chi connectivity index (χ2n) is 3.97. The molecule has 0 bridgehead atoms. The Hall–Kier alpha value is -1.72. The summed E-state index contributed by atoms with van der Waals surface area (Å²) < 4.78 is 35.9. The number of carbonyl (C=O) groups excluding carboxylic acids is 1. The number of benzene rings is 1. The first-order valence-corrected chi connectivity index (χ1v) is 5.58. The predicted molar refractivity (Wildman–Crippen MR) is 63.4 cm³/mol. The smallest absolute Gasteiger partial charge is 0.308 e. The van der Waals surface area contributed by atoms with Crippen LogP contribution in [0.2, 0.25) is 0 Å². The molecule has 0 fully saturated rings. The molecule has 0 spiro atoms. The van der Waals surface area contributed by atoms with Crippen LogP contribution in [0.4, 0.5) is 23.7 Å². The maximum absolute atomic E-state index is 12.0. The van der Waals surface area contributed by atoms with Crippen molar-refractivity contribution in [3.8, 4) is 0 Å². The number of hydrogen-bond donors (Lipinski definition) is 2. The summed E-state index contributed by atoms with van der Waals surface area (Å²) in [5, 5.41) is 3.11. The number of anilines is 1. The van der Waals surface area contributed by atoms with Gasteiger partial charge in [-0.2, -0.15) is 13.2 Å². The molecule has 2 amide bonds. The topological polar surface area (TPSA) is 41.1 Å². The van der Waals surface area contributed by atoms with Gasteiger partial charge in [0.2, 0.25) is 0 Å². The molecule has 0 aliphatic rings. The van der Waals surface area contributed by atoms with Crippen LogP contribution >= 0.6 is 0 Å². The number of hydrogen-bond acceptors (Lipinski definition) is 1. The fraction of sp³-hybridized carbons (Fsp3) is 0.417. The first kappa shape index (κ1) is 14.3. The van der Waals surface area contributed by atoms with E-state index >= 15 is 0 Å². The van der Waals surface area contributed by atoms with E-state index < -0.39 is 12.3 Å². The van der Waals surface area contributed by atoms with Gasteiger partial charge in [0.05, 0.1) is 0 Å². The lowest BCUT2D eigenvalue weighted by molar-refractivity contribution is -0.144. The lowest BCUT2D eigenvalue weighted by Gasteiger charge is -2.16. The molecule has 18 heavy (non-hydrogen) atoms. The van der Waals surface area contributed by atoms with Crippen molar-refractivity contribution in [3.63, 3.8) is 0 Å². The highest BCUT2D eigenvalue weighted by Crippen LogP contribution is 2.26. The summed E-state index contributed by atoms with van der Waals surface area (Å²) in [6, 6.07) is 5.54. The molecule has 1 aromatic rings. The molecule has 0 aromatic heterocycles. The first-order chi connectivity index (χ1) is 8.33. The second-order valence-corrected chi connectivity index (χ2v) is 3.97. The van der Waals surface area contributed by atoms with Gasteiger partial charge >= 0.3 is 12.3 Å². The maximum atomic E-state index is 12.0. The maximum Gasteiger partial charge on any atom is 0.485 e. The van der Waals surface area contributed by atoms with E-state index in [1.807, 2.05) is 13.8 Å². The van der Waals surface area contributed by atoms with E-state index in [1.54, 1.807) is 24.3 Å². The van der Waals surface area contributed by atoms with Crippen LogP contribution in [0.1, 0.15) is 31.7 Å². The molecule has 0 aliphatic carbocycles. The molecule has 100 valence electrons. The Kier molecular flexibility index (Phi) is 4.58. The summed E-state index contributed by atoms with van der Waals surface area (Å²) in [7, 11) is 0. The zero-order valence-corrected chi connectivity index (χ0v) is 10.1. The van der Waals surface area contributed by atoms with Crippen LogP contribution in [-0.4, -0.2) is 12.3 Å². The highest BCUT2D eigenvalue weighted by Gasteiger charge is 2.30. The van der Waals surface area contributed by atoms with Crippen LogP contribution in [0, 0.1) is 0 Å². The Morgan fingerprint density at radius 2 is 1.94 bits per heavy atom. The third-order valence-corrected chi connectivity index (χ3v) is 2.61. The molecule has 0 saturated heterocycles. The fourth-order valence-corrected chi connectivity index (χ4v) is 1.54. The van der Waals surface area contributed by atoms with Crippen LogP contribution in [0.15, 0.2) is 24.3 Å². The van der Waals surface area contributed by atoms with Gasteiger partial charge in [-0.3, -0.25) is 0 Å². The summed E-state index contributed by atoms with van der Waals surface area (Å²) in [6.45, 7) is 3.92. The van der Waals surface area contributed by atoms with E-state index in [2.05, 4.69) is 5.32 Å². The van der Waals surface area contributed by atoms with E-state index in [-0.39, 0.29) is 5.92 Å². The number of carbonyl (C=O) groups is 1. The molecule has 1 unspecified atom stereocenters. The second kappa shape index (κ2) is 5.75. The summed E-state index contributed by atoms with van der Waals surface area (Å²) in [4.78, 5) is 11.1. The van der Waals surface area contributed by atoms with E-state index in [4.69, 9.17) is 0 Å². The van der Waals surface area contributed by atoms with Crippen LogP contribution in [-0.2, 0) is 0 Å². The summed E-state index contributed by atoms with van der Waals surface area (Å²) >= 11 is 0. The van der Waals surface area contributed by atoms with Gasteiger partial charge in [-0.15, -0.1) is 0 Å². The Bertz CT molecular complexity index is 418. The lowest BCUT2D eigenvalue weighted by atomic mass is 9.97. The molecule has 1 rings (SSSR count). The zero-order valence-electron chi connectivity index (χ0n) is 10.1. The Morgan fingerprint density at radius 3 is 2.50 bits per heavy atom. The van der Waals surface area contributed by atoms with Gasteiger partial charge in [0, 0.05) is 5.69 Å². The van der Waals surface area contributed by atoms with Gasteiger partial charge in [0.25, 0.3) is 0 Å². The van der Waals surface area contributed by atoms with Crippen LogP contribution < -0.4 is 10.6 Å². The van der Waals surface area contributed by atoms with E-state index in [9.17, 15) is 18.0 Å². The molecule has 0 aliphatic heterocycles. The van der Waals surface area contributed by atoms with Gasteiger partial charge in [0.1, 0.15) is 0 Å². The SMILES string of the molecule is CCC(C)c1ccccc1NC(=O)NC(F)(F)F. The molecule has 0 heterocycles. The van der Waals surface area contributed by atoms with Crippen molar-refractivity contribution >= 4 is 11.7 Å². The molecular formula is C12H15F3N2O. The van der Waals surface area contributed by atoms with Gasteiger partial charge < -0.3 is 5.32 Å². The molecule has 3 nitrogen and oxygen atoms in total. The molecular weight excluding hydrogens is 245 g/mol. The van der Waals surface area contributed by atoms with Gasteiger partial charge in [-0.25, -0.2) is 10.1 Å². The van der Waals surface area contributed by atoms with Crippen molar-refractivity contribution < 1.29 is 18.0 Å². The molecule has 0 saturated carbocycles. The fourth-order valence-electron chi connectivity index (χ4n) is 1.54. The highest BCUT2D eigenvalue weighted by molar-refractivity contribution is 5.90. The minimum atomic E-state index is -4.73. The lowest BCUT2D eigenvalue weighted by Crippen LogP contribution is -2.40. The Balaban J connectivity index is 2.81. The standard InChI is InChI=1S/C12H15F3N2O/c1-3-8(2)9-6-4-5-7-10(9)16-11(18)17-12(13,14)15/h4-8H,3H2,1-2H3,(H2,16,17,18). The van der Waals surface area contributed by atoms with Crippen molar-refractivity contribution in [1.29, 1.82) is 0 Å². The Morgan fingerprint density at radius 1 is 1.33 bits per heavy atom. The van der Waals surface area contributed by atoms with Gasteiger partial charge in [-0.1, -0.05) is 32.0 Å². The zero-order chi connectivity index (χ0) is 13.8. The van der Waals surface area contributed by atoms with Crippen LogP contribution in [0.3, 0.4) is 0 Å². The van der Waals surface area contributed by atoms with Crippen molar-refractivity contribution in [2.75, 3.05) is 5.32 Å².